The molecule has 1 aromatic rings. The van der Waals surface area contributed by atoms with Crippen molar-refractivity contribution in [1.82, 2.24) is 10.6 Å². The summed E-state index contributed by atoms with van der Waals surface area (Å²) in [5, 5.41) is 9.41. The summed E-state index contributed by atoms with van der Waals surface area (Å²) in [4.78, 5) is 9.24. The first kappa shape index (κ1) is 28.9. The summed E-state index contributed by atoms with van der Waals surface area (Å²) >= 11 is 0. The van der Waals surface area contributed by atoms with Crippen molar-refractivity contribution in [3.05, 3.63) is 35.9 Å². The molecule has 8 aliphatic carbocycles. The standard InChI is InChI=1S/C43H61N2P2.C5H5.Fe/c46-43(39-10-4-6-12-44-39,40-11-5-7-13-45-40)38-25-32(31-8-2-1-3-9-31)24-37(38)26-47(41-33-16-27-14-28(18-33)19-34(41)17-27)42-35-20-29-15-30(22-35)23-36(42)21-29;1-2-4-5-3-1;/h1-3,8-9,24-25,27-30,33-36,39-42,44-45H,4-7,10-23,26,46H2;1-5H;. The van der Waals surface area contributed by atoms with E-state index in [4.69, 9.17) is 0 Å². The maximum absolute atomic E-state index is 4.49. The molecule has 0 aromatic heterocycles. The summed E-state index contributed by atoms with van der Waals surface area (Å²) in [5.74, 6) is 9.17. The summed E-state index contributed by atoms with van der Waals surface area (Å²) in [6.45, 7) is -1.65. The van der Waals surface area contributed by atoms with Gasteiger partial charge in [0.25, 0.3) is 0 Å². The number of rotatable bonds is 8. The van der Waals surface area contributed by atoms with Crippen LogP contribution in [0.4, 0.5) is 0 Å². The van der Waals surface area contributed by atoms with Gasteiger partial charge < -0.3 is 0 Å². The van der Waals surface area contributed by atoms with Crippen LogP contribution in [0.1, 0.15) is 108 Å². The fourth-order valence-corrected chi connectivity index (χ4v) is 125. The summed E-state index contributed by atoms with van der Waals surface area (Å²) in [7, 11) is 4.22. The predicted octanol–water partition coefficient (Wildman–Crippen LogP) is 11.3. The van der Waals surface area contributed by atoms with E-state index >= 15 is 0 Å². The van der Waals surface area contributed by atoms with E-state index in [0.717, 1.165) is 72.4 Å². The fourth-order valence-electron chi connectivity index (χ4n) is 33.4. The minimum atomic E-state index is -4.25. The fraction of sp³-hybridized carbons (Fsp3) is 0.875. The second kappa shape index (κ2) is 5.55. The van der Waals surface area contributed by atoms with E-state index in [1.807, 2.05) is 11.7 Å². The number of benzene rings is 1. The molecule has 1 spiro atoms. The molecule has 8 saturated carbocycles. The molecule has 8 unspecified atom stereocenters. The average molecular weight is 789 g/mol. The van der Waals surface area contributed by atoms with Crippen LogP contribution in [-0.4, -0.2) is 47.8 Å². The monoisotopic (exact) mass is 788 g/mol. The molecule has 12 aliphatic heterocycles. The van der Waals surface area contributed by atoms with Gasteiger partial charge in [0.15, 0.2) is 0 Å². The molecule has 20 fully saturated rings. The third kappa shape index (κ3) is 1.03. The molecule has 0 amide bonds. The molecule has 21 rings (SSSR count). The zero-order valence-corrected chi connectivity index (χ0v) is 35.3. The van der Waals surface area contributed by atoms with Crippen molar-refractivity contribution in [3.8, 4) is 0 Å². The summed E-state index contributed by atoms with van der Waals surface area (Å²) in [6, 6.07) is 14.5. The van der Waals surface area contributed by atoms with Gasteiger partial charge in [-0.15, -0.1) is 0 Å². The number of hydrogen-bond acceptors (Lipinski definition) is 2. The van der Waals surface area contributed by atoms with E-state index in [9.17, 15) is 0 Å². The third-order valence-electron chi connectivity index (χ3n) is 30.4. The SMILES string of the molecule is PC(C1CCCCN1)(C1CCCCN1)[C]12[CH]3[C]4(c5ccccc5)[CH]5[C]1(CP(C1C6CC7CC(C6)CC1C7)C1C6CC7CC(C6)CC1C7)[Fe]53421678[CH]2[CH]1[CH]6[CH]7[CH]28. The van der Waals surface area contributed by atoms with Crippen LogP contribution in [-0.2, 0) is 10.8 Å². The van der Waals surface area contributed by atoms with Crippen molar-refractivity contribution >= 4 is 17.2 Å². The third-order valence-corrected chi connectivity index (χ3v) is 80.3. The van der Waals surface area contributed by atoms with Gasteiger partial charge in [-0.3, -0.25) is 0 Å². The summed E-state index contributed by atoms with van der Waals surface area (Å²) < 4.78 is 2.48. The van der Waals surface area contributed by atoms with Crippen LogP contribution < -0.4 is 10.6 Å². The van der Waals surface area contributed by atoms with Crippen LogP contribution in [0, 0.1) is 47.3 Å². The summed E-state index contributed by atoms with van der Waals surface area (Å²) in [6.07, 6.45) is 27.4. The maximum atomic E-state index is 4.49. The molecule has 20 aliphatic rings. The molecular weight excluding hydrogens is 722 g/mol. The van der Waals surface area contributed by atoms with Crippen molar-refractivity contribution < 1.29 is 6.51 Å². The van der Waals surface area contributed by atoms with Crippen molar-refractivity contribution in [3.63, 3.8) is 0 Å². The summed E-state index contributed by atoms with van der Waals surface area (Å²) in [5.41, 5.74) is 4.38. The van der Waals surface area contributed by atoms with Gasteiger partial charge >= 0.3 is 315 Å². The zero-order valence-electron chi connectivity index (χ0n) is 32.2. The van der Waals surface area contributed by atoms with Gasteiger partial charge in [-0.1, -0.05) is 0 Å². The molecule has 8 atom stereocenters. The molecule has 286 valence electrons. The van der Waals surface area contributed by atoms with Crippen LogP contribution in [0.2, 0.25) is 42.3 Å². The van der Waals surface area contributed by atoms with Gasteiger partial charge in [0, 0.05) is 0 Å². The van der Waals surface area contributed by atoms with Crippen molar-refractivity contribution in [1.29, 1.82) is 0 Å². The number of nitrogens with one attached hydrogen (secondary N) is 2. The first-order valence-electron chi connectivity index (χ1n) is 24.1. The molecule has 0 radical (unpaired) electrons. The first-order valence-corrected chi connectivity index (χ1v) is 32.5. The Balaban J connectivity index is 0.879. The van der Waals surface area contributed by atoms with Crippen molar-refractivity contribution in [2.24, 2.45) is 47.3 Å². The zero-order chi connectivity index (χ0) is 33.8. The molecule has 2 N–H and O–H groups in total. The van der Waals surface area contributed by atoms with Gasteiger partial charge in [0.05, 0.1) is 0 Å². The second-order valence-electron chi connectivity index (χ2n) is 26.8. The Hall–Kier alpha value is 0.519. The quantitative estimate of drug-likeness (QED) is 0.203. The molecule has 1 aromatic carbocycles. The Bertz CT molecular complexity index is 2230. The predicted molar refractivity (Wildman–Crippen MR) is 217 cm³/mol. The van der Waals surface area contributed by atoms with E-state index in [2.05, 4.69) is 50.2 Å². The molecule has 53 heavy (non-hydrogen) atoms. The Morgan fingerprint density at radius 1 is 0.623 bits per heavy atom. The van der Waals surface area contributed by atoms with Gasteiger partial charge in [-0.2, -0.15) is 0 Å². The van der Waals surface area contributed by atoms with Gasteiger partial charge in [-0.25, -0.2) is 0 Å². The number of hydrogen-bond donors (Lipinski definition) is 2. The molecule has 8 bridgehead atoms. The topological polar surface area (TPSA) is 24.1 Å². The molecular formula is C48H66FeN2P2. The van der Waals surface area contributed by atoms with E-state index in [1.54, 1.807) is 64.2 Å². The second-order valence-corrected chi connectivity index (χ2v) is 53.3. The van der Waals surface area contributed by atoms with Crippen LogP contribution in [0.5, 0.6) is 0 Å². The number of piperidine rings is 2. The van der Waals surface area contributed by atoms with E-state index in [-0.39, 0.29) is 7.92 Å². The Kier molecular flexibility index (Phi) is 3.02. The number of fused-ring (bicyclic) bond motifs is 10. The Labute approximate surface area is 313 Å². The first-order chi connectivity index (χ1) is 25.8. The molecule has 2 nitrogen and oxygen atoms in total. The van der Waals surface area contributed by atoms with E-state index in [0.29, 0.717) is 5.16 Å². The normalized spacial score (nSPS) is 77.9. The average Bonchev–Trinajstić information content (AvgIpc) is 4.13. The van der Waals surface area contributed by atoms with Gasteiger partial charge in [0.2, 0.25) is 0 Å². The van der Waals surface area contributed by atoms with Gasteiger partial charge in [0.1, 0.15) is 0 Å². The minimum absolute atomic E-state index is 0.113. The molecule has 12 heterocycles. The van der Waals surface area contributed by atoms with E-state index < -0.39 is 6.51 Å². The van der Waals surface area contributed by atoms with Crippen LogP contribution in [0.15, 0.2) is 30.3 Å². The van der Waals surface area contributed by atoms with Crippen LogP contribution >= 0.6 is 17.2 Å². The Morgan fingerprint density at radius 3 is 1.51 bits per heavy atom. The van der Waals surface area contributed by atoms with Crippen LogP contribution in [0.3, 0.4) is 0 Å². The van der Waals surface area contributed by atoms with Gasteiger partial charge in [-0.05, 0) is 0 Å². The van der Waals surface area contributed by atoms with Crippen molar-refractivity contribution in [2.75, 3.05) is 19.3 Å². The Morgan fingerprint density at radius 2 is 1.09 bits per heavy atom. The van der Waals surface area contributed by atoms with Crippen molar-refractivity contribution in [2.45, 2.75) is 178 Å². The molecule has 5 heteroatoms. The molecule has 12 saturated heterocycles. The van der Waals surface area contributed by atoms with Crippen LogP contribution in [0.25, 0.3) is 0 Å². The van der Waals surface area contributed by atoms with E-state index in [1.165, 1.54) is 96.6 Å².